The zero-order valence-corrected chi connectivity index (χ0v) is 14.6. The van der Waals surface area contributed by atoms with Gasteiger partial charge >= 0.3 is 0 Å². The number of sulfone groups is 1. The van der Waals surface area contributed by atoms with Crippen molar-refractivity contribution in [2.75, 3.05) is 5.75 Å². The number of ketones is 1. The van der Waals surface area contributed by atoms with Crippen molar-refractivity contribution in [3.63, 3.8) is 0 Å². The molecule has 4 heteroatoms. The van der Waals surface area contributed by atoms with Gasteiger partial charge in [0, 0.05) is 5.92 Å². The average Bonchev–Trinajstić information content (AvgIpc) is 2.86. The van der Waals surface area contributed by atoms with Gasteiger partial charge in [0.1, 0.15) is 0 Å². The molecule has 1 aromatic rings. The number of benzene rings is 1. The highest BCUT2D eigenvalue weighted by Crippen LogP contribution is 2.55. The molecule has 124 valence electrons. The third kappa shape index (κ3) is 2.89. The second kappa shape index (κ2) is 5.90. The van der Waals surface area contributed by atoms with Gasteiger partial charge in [-0.1, -0.05) is 38.1 Å². The maximum Gasteiger partial charge on any atom is 0.178 e. The van der Waals surface area contributed by atoms with E-state index in [-0.39, 0.29) is 34.7 Å². The van der Waals surface area contributed by atoms with Gasteiger partial charge in [-0.2, -0.15) is 0 Å². The Bertz CT molecular complexity index is 720. The quantitative estimate of drug-likeness (QED) is 0.845. The highest BCUT2D eigenvalue weighted by atomic mass is 32.2. The smallest absolute Gasteiger partial charge is 0.178 e. The van der Waals surface area contributed by atoms with E-state index in [0.29, 0.717) is 4.90 Å². The van der Waals surface area contributed by atoms with E-state index in [1.807, 2.05) is 19.1 Å². The van der Waals surface area contributed by atoms with Crippen molar-refractivity contribution in [2.45, 2.75) is 38.0 Å². The molecule has 4 atom stereocenters. The Morgan fingerprint density at radius 1 is 1.22 bits per heavy atom. The van der Waals surface area contributed by atoms with Gasteiger partial charge in [-0.25, -0.2) is 8.42 Å². The lowest BCUT2D eigenvalue weighted by molar-refractivity contribution is -0.122. The Balaban J connectivity index is 1.80. The number of hydrogen-bond donors (Lipinski definition) is 0. The fraction of sp³-hybridized carbons (Fsp3) is 0.526. The molecule has 3 rings (SSSR count). The summed E-state index contributed by atoms with van der Waals surface area (Å²) < 4.78 is 25.3. The lowest BCUT2D eigenvalue weighted by atomic mass is 9.64. The second-order valence-corrected chi connectivity index (χ2v) is 9.36. The number of rotatable bonds is 4. The van der Waals surface area contributed by atoms with Crippen LogP contribution in [0.5, 0.6) is 0 Å². The lowest BCUT2D eigenvalue weighted by Crippen LogP contribution is -2.38. The van der Waals surface area contributed by atoms with Crippen LogP contribution in [0, 0.1) is 23.2 Å². The Hall–Kier alpha value is -1.42. The molecule has 3 nitrogen and oxygen atoms in total. The van der Waals surface area contributed by atoms with Crippen LogP contribution >= 0.6 is 0 Å². The summed E-state index contributed by atoms with van der Waals surface area (Å²) in [5, 5.41) is 0. The van der Waals surface area contributed by atoms with E-state index >= 15 is 0 Å². The van der Waals surface area contributed by atoms with Crippen LogP contribution in [0.1, 0.15) is 33.1 Å². The molecule has 2 aliphatic carbocycles. The number of allylic oxidation sites excluding steroid dienone is 2. The topological polar surface area (TPSA) is 51.2 Å². The van der Waals surface area contributed by atoms with E-state index in [4.69, 9.17) is 0 Å². The Labute approximate surface area is 138 Å². The molecule has 1 saturated carbocycles. The van der Waals surface area contributed by atoms with Gasteiger partial charge in [-0.05, 0) is 54.7 Å². The van der Waals surface area contributed by atoms with Gasteiger partial charge in [0.25, 0.3) is 0 Å². The van der Waals surface area contributed by atoms with E-state index in [9.17, 15) is 13.2 Å². The third-order valence-corrected chi connectivity index (χ3v) is 7.82. The molecule has 2 aliphatic rings. The van der Waals surface area contributed by atoms with Gasteiger partial charge in [0.2, 0.25) is 0 Å². The maximum absolute atomic E-state index is 12.6. The summed E-state index contributed by atoms with van der Waals surface area (Å²) in [6, 6.07) is 8.66. The second-order valence-electron chi connectivity index (χ2n) is 7.32. The van der Waals surface area contributed by atoms with E-state index in [2.05, 4.69) is 6.92 Å². The summed E-state index contributed by atoms with van der Waals surface area (Å²) in [6.45, 7) is 4.20. The summed E-state index contributed by atoms with van der Waals surface area (Å²) in [7, 11) is -3.28. The zero-order chi connectivity index (χ0) is 16.7. The molecule has 2 unspecified atom stereocenters. The fourth-order valence-electron chi connectivity index (χ4n) is 4.69. The normalized spacial score (nSPS) is 31.8. The first-order valence-corrected chi connectivity index (χ1v) is 9.98. The van der Waals surface area contributed by atoms with Crippen molar-refractivity contribution in [2.24, 2.45) is 23.2 Å². The van der Waals surface area contributed by atoms with Gasteiger partial charge in [-0.3, -0.25) is 4.79 Å². The fourth-order valence-corrected chi connectivity index (χ4v) is 6.38. The van der Waals surface area contributed by atoms with Crippen molar-refractivity contribution in [1.29, 1.82) is 0 Å². The standard InChI is InChI=1S/C19H24O3S/c1-14(13-23(21,22)15-7-4-3-5-8-15)16-10-11-17-18(20)9-6-12-19(16,17)2/h3-9,14,16-17H,10-13H2,1-2H3/t14-,16?,17?,19-/m0/s1. The summed E-state index contributed by atoms with van der Waals surface area (Å²) in [4.78, 5) is 12.5. The summed E-state index contributed by atoms with van der Waals surface area (Å²) in [5.74, 6) is 0.773. The molecule has 1 fully saturated rings. The molecule has 23 heavy (non-hydrogen) atoms. The molecular formula is C19H24O3S. The van der Waals surface area contributed by atoms with Crippen LogP contribution < -0.4 is 0 Å². The minimum absolute atomic E-state index is 0.0505. The van der Waals surface area contributed by atoms with Crippen LogP contribution in [0.15, 0.2) is 47.4 Å². The number of carbonyl (C=O) groups is 1. The van der Waals surface area contributed by atoms with Crippen LogP contribution in [-0.2, 0) is 14.6 Å². The average molecular weight is 332 g/mol. The molecular weight excluding hydrogens is 308 g/mol. The van der Waals surface area contributed by atoms with Gasteiger partial charge < -0.3 is 0 Å². The van der Waals surface area contributed by atoms with Crippen molar-refractivity contribution in [3.05, 3.63) is 42.5 Å². The van der Waals surface area contributed by atoms with Crippen LogP contribution in [-0.4, -0.2) is 20.0 Å². The highest BCUT2D eigenvalue weighted by molar-refractivity contribution is 7.91. The number of hydrogen-bond acceptors (Lipinski definition) is 3. The predicted octanol–water partition coefficient (Wildman–Crippen LogP) is 3.66. The van der Waals surface area contributed by atoms with Crippen LogP contribution in [0.4, 0.5) is 0 Å². The van der Waals surface area contributed by atoms with E-state index in [1.54, 1.807) is 30.3 Å². The molecule has 0 saturated heterocycles. The summed E-state index contributed by atoms with van der Waals surface area (Å²) >= 11 is 0. The first-order chi connectivity index (χ1) is 10.8. The lowest BCUT2D eigenvalue weighted by Gasteiger charge is -2.40. The van der Waals surface area contributed by atoms with Crippen molar-refractivity contribution < 1.29 is 13.2 Å². The SMILES string of the molecule is C[C@@H](CS(=O)(=O)c1ccccc1)C1CCC2C(=O)C=CC[C@]21C. The molecule has 0 spiro atoms. The molecule has 0 bridgehead atoms. The molecule has 0 radical (unpaired) electrons. The van der Waals surface area contributed by atoms with E-state index in [0.717, 1.165) is 19.3 Å². The molecule has 1 aromatic carbocycles. The predicted molar refractivity (Wildman–Crippen MR) is 90.7 cm³/mol. The first kappa shape index (κ1) is 16.4. The molecule has 0 aliphatic heterocycles. The third-order valence-electron chi connectivity index (χ3n) is 5.86. The molecule has 0 amide bonds. The highest BCUT2D eigenvalue weighted by Gasteiger charge is 2.51. The number of fused-ring (bicyclic) bond motifs is 1. The minimum Gasteiger partial charge on any atom is -0.295 e. The number of carbonyl (C=O) groups excluding carboxylic acids is 1. The van der Waals surface area contributed by atoms with Crippen LogP contribution in [0.2, 0.25) is 0 Å². The molecule has 0 aromatic heterocycles. The Morgan fingerprint density at radius 3 is 2.61 bits per heavy atom. The largest absolute Gasteiger partial charge is 0.295 e. The molecule has 0 N–H and O–H groups in total. The summed E-state index contributed by atoms with van der Waals surface area (Å²) in [5.41, 5.74) is -0.0859. The first-order valence-electron chi connectivity index (χ1n) is 8.33. The van der Waals surface area contributed by atoms with E-state index in [1.165, 1.54) is 0 Å². The minimum atomic E-state index is -3.28. The van der Waals surface area contributed by atoms with Crippen molar-refractivity contribution in [3.8, 4) is 0 Å². The van der Waals surface area contributed by atoms with E-state index < -0.39 is 9.84 Å². The van der Waals surface area contributed by atoms with Crippen molar-refractivity contribution >= 4 is 15.6 Å². The van der Waals surface area contributed by atoms with Crippen molar-refractivity contribution in [1.82, 2.24) is 0 Å². The van der Waals surface area contributed by atoms with Crippen LogP contribution in [0.25, 0.3) is 0 Å². The van der Waals surface area contributed by atoms with Crippen LogP contribution in [0.3, 0.4) is 0 Å². The molecule has 0 heterocycles. The zero-order valence-electron chi connectivity index (χ0n) is 13.7. The Morgan fingerprint density at radius 2 is 1.91 bits per heavy atom. The summed E-state index contributed by atoms with van der Waals surface area (Å²) in [6.07, 6.45) is 6.39. The van der Waals surface area contributed by atoms with Gasteiger partial charge in [-0.15, -0.1) is 0 Å². The van der Waals surface area contributed by atoms with Gasteiger partial charge in [0.05, 0.1) is 10.6 Å². The maximum atomic E-state index is 12.6. The Kier molecular flexibility index (Phi) is 4.21. The van der Waals surface area contributed by atoms with Gasteiger partial charge in [0.15, 0.2) is 15.6 Å². The monoisotopic (exact) mass is 332 g/mol.